The van der Waals surface area contributed by atoms with Crippen LogP contribution in [0, 0.1) is 0 Å². The zero-order valence-corrected chi connectivity index (χ0v) is 15.6. The number of fused-ring (bicyclic) bond motifs is 1. The number of methoxy groups -OCH3 is 1. The predicted molar refractivity (Wildman–Crippen MR) is 101 cm³/mol. The number of sulfonamides is 1. The molecule has 7 heteroatoms. The Kier molecular flexibility index (Phi) is 5.49. The third-order valence-electron chi connectivity index (χ3n) is 4.11. The normalized spacial score (nSPS) is 11.6. The molecular weight excluding hydrogens is 352 g/mol. The average Bonchev–Trinajstić information content (AvgIpc) is 3.04. The van der Waals surface area contributed by atoms with Gasteiger partial charge in [0.1, 0.15) is 11.5 Å². The van der Waals surface area contributed by atoms with Crippen molar-refractivity contribution in [3.63, 3.8) is 0 Å². The second-order valence-electron chi connectivity index (χ2n) is 5.78. The van der Waals surface area contributed by atoms with Gasteiger partial charge in [0.2, 0.25) is 10.0 Å². The van der Waals surface area contributed by atoms with Crippen LogP contribution in [-0.4, -0.2) is 33.7 Å². The monoisotopic (exact) mass is 374 g/mol. The number of hydrogen-bond acceptors (Lipinski definition) is 4. The van der Waals surface area contributed by atoms with E-state index in [1.807, 2.05) is 31.3 Å². The van der Waals surface area contributed by atoms with E-state index in [1.54, 1.807) is 31.4 Å². The molecule has 0 amide bonds. The molecule has 0 unspecified atom stereocenters. The largest absolute Gasteiger partial charge is 0.497 e. The summed E-state index contributed by atoms with van der Waals surface area (Å²) < 4.78 is 38.1. The molecule has 0 bridgehead atoms. The second kappa shape index (κ2) is 7.80. The quantitative estimate of drug-likeness (QED) is 0.635. The zero-order chi connectivity index (χ0) is 18.6. The van der Waals surface area contributed by atoms with Crippen molar-refractivity contribution in [3.05, 3.63) is 54.2 Å². The summed E-state index contributed by atoms with van der Waals surface area (Å²) in [5.41, 5.74) is 2.03. The van der Waals surface area contributed by atoms with Crippen molar-refractivity contribution in [1.82, 2.24) is 9.71 Å². The standard InChI is InChI=1S/C19H22N2O4S/c1-3-25-15-4-7-17(8-5-15)26(22,23)21-11-10-14-13-20-19-9-6-16(24-2)12-18(14)19/h4-9,12-13,20-21H,3,10-11H2,1-2H3. The average molecular weight is 374 g/mol. The van der Waals surface area contributed by atoms with Crippen molar-refractivity contribution in [3.8, 4) is 11.5 Å². The van der Waals surface area contributed by atoms with E-state index in [0.717, 1.165) is 22.2 Å². The van der Waals surface area contributed by atoms with E-state index in [-0.39, 0.29) is 4.90 Å². The summed E-state index contributed by atoms with van der Waals surface area (Å²) in [5, 5.41) is 1.03. The van der Waals surface area contributed by atoms with Crippen molar-refractivity contribution < 1.29 is 17.9 Å². The number of ether oxygens (including phenoxy) is 2. The Balaban J connectivity index is 1.67. The van der Waals surface area contributed by atoms with E-state index in [9.17, 15) is 8.42 Å². The van der Waals surface area contributed by atoms with E-state index >= 15 is 0 Å². The van der Waals surface area contributed by atoms with E-state index in [1.165, 1.54) is 0 Å². The molecule has 0 aliphatic rings. The molecule has 0 spiro atoms. The summed E-state index contributed by atoms with van der Waals surface area (Å²) in [6.45, 7) is 2.73. The van der Waals surface area contributed by atoms with Gasteiger partial charge < -0.3 is 14.5 Å². The van der Waals surface area contributed by atoms with Crippen LogP contribution in [0.3, 0.4) is 0 Å². The first-order valence-corrected chi connectivity index (χ1v) is 9.88. The summed E-state index contributed by atoms with van der Waals surface area (Å²) in [7, 11) is -1.93. The van der Waals surface area contributed by atoms with Crippen LogP contribution in [0.1, 0.15) is 12.5 Å². The topological polar surface area (TPSA) is 80.4 Å². The lowest BCUT2D eigenvalue weighted by Crippen LogP contribution is -2.25. The van der Waals surface area contributed by atoms with Crippen molar-refractivity contribution in [1.29, 1.82) is 0 Å². The molecule has 2 aromatic carbocycles. The minimum absolute atomic E-state index is 0.224. The van der Waals surface area contributed by atoms with Gasteiger partial charge in [0.25, 0.3) is 0 Å². The van der Waals surface area contributed by atoms with Crippen LogP contribution in [-0.2, 0) is 16.4 Å². The highest BCUT2D eigenvalue weighted by atomic mass is 32.2. The predicted octanol–water partition coefficient (Wildman–Crippen LogP) is 3.10. The van der Waals surface area contributed by atoms with Gasteiger partial charge in [-0.2, -0.15) is 0 Å². The summed E-state index contributed by atoms with van der Waals surface area (Å²) in [6, 6.07) is 12.2. The highest BCUT2D eigenvalue weighted by molar-refractivity contribution is 7.89. The fourth-order valence-corrected chi connectivity index (χ4v) is 3.81. The number of hydrogen-bond donors (Lipinski definition) is 2. The maximum Gasteiger partial charge on any atom is 0.240 e. The van der Waals surface area contributed by atoms with Gasteiger partial charge in [0, 0.05) is 23.6 Å². The Morgan fingerprint density at radius 1 is 1.08 bits per heavy atom. The van der Waals surface area contributed by atoms with E-state index in [2.05, 4.69) is 9.71 Å². The summed E-state index contributed by atoms with van der Waals surface area (Å²) in [4.78, 5) is 3.41. The van der Waals surface area contributed by atoms with Crippen LogP contribution in [0.25, 0.3) is 10.9 Å². The Morgan fingerprint density at radius 2 is 1.81 bits per heavy atom. The minimum Gasteiger partial charge on any atom is -0.497 e. The second-order valence-corrected chi connectivity index (χ2v) is 7.54. The molecule has 0 saturated carbocycles. The molecule has 2 N–H and O–H groups in total. The fourth-order valence-electron chi connectivity index (χ4n) is 2.78. The minimum atomic E-state index is -3.55. The number of aromatic amines is 1. The van der Waals surface area contributed by atoms with Gasteiger partial charge in [0.05, 0.1) is 18.6 Å². The lowest BCUT2D eigenvalue weighted by atomic mass is 10.1. The van der Waals surface area contributed by atoms with Gasteiger partial charge in [-0.15, -0.1) is 0 Å². The number of aromatic nitrogens is 1. The number of nitrogens with one attached hydrogen (secondary N) is 2. The highest BCUT2D eigenvalue weighted by Crippen LogP contribution is 2.24. The van der Waals surface area contributed by atoms with Crippen molar-refractivity contribution in [2.45, 2.75) is 18.2 Å². The van der Waals surface area contributed by atoms with Gasteiger partial charge in [-0.3, -0.25) is 0 Å². The molecule has 0 saturated heterocycles. The van der Waals surface area contributed by atoms with E-state index < -0.39 is 10.0 Å². The molecule has 0 atom stereocenters. The first kappa shape index (κ1) is 18.3. The van der Waals surface area contributed by atoms with Crippen LogP contribution >= 0.6 is 0 Å². The molecule has 0 fully saturated rings. The first-order chi connectivity index (χ1) is 12.5. The molecule has 1 heterocycles. The van der Waals surface area contributed by atoms with Crippen LogP contribution < -0.4 is 14.2 Å². The van der Waals surface area contributed by atoms with Gasteiger partial charge >= 0.3 is 0 Å². The summed E-state index contributed by atoms with van der Waals surface area (Å²) in [5.74, 6) is 1.42. The Morgan fingerprint density at radius 3 is 2.50 bits per heavy atom. The molecule has 0 radical (unpaired) electrons. The molecule has 1 aromatic heterocycles. The van der Waals surface area contributed by atoms with Crippen molar-refractivity contribution >= 4 is 20.9 Å². The first-order valence-electron chi connectivity index (χ1n) is 8.40. The van der Waals surface area contributed by atoms with E-state index in [4.69, 9.17) is 9.47 Å². The summed E-state index contributed by atoms with van der Waals surface area (Å²) in [6.07, 6.45) is 2.47. The zero-order valence-electron chi connectivity index (χ0n) is 14.8. The highest BCUT2D eigenvalue weighted by Gasteiger charge is 2.14. The van der Waals surface area contributed by atoms with Gasteiger partial charge in [-0.25, -0.2) is 13.1 Å². The fraction of sp³-hybridized carbons (Fsp3) is 0.263. The van der Waals surface area contributed by atoms with Crippen molar-refractivity contribution in [2.75, 3.05) is 20.3 Å². The molecule has 6 nitrogen and oxygen atoms in total. The van der Waals surface area contributed by atoms with Gasteiger partial charge in [-0.1, -0.05) is 0 Å². The van der Waals surface area contributed by atoms with E-state index in [0.29, 0.717) is 25.3 Å². The molecule has 3 aromatic rings. The molecule has 138 valence electrons. The van der Waals surface area contributed by atoms with Crippen molar-refractivity contribution in [2.24, 2.45) is 0 Å². The number of rotatable bonds is 8. The van der Waals surface area contributed by atoms with Crippen LogP contribution in [0.2, 0.25) is 0 Å². The van der Waals surface area contributed by atoms with Gasteiger partial charge in [0.15, 0.2) is 0 Å². The van der Waals surface area contributed by atoms with Crippen LogP contribution in [0.4, 0.5) is 0 Å². The van der Waals surface area contributed by atoms with Crippen LogP contribution in [0.5, 0.6) is 11.5 Å². The number of benzene rings is 2. The number of H-pyrrole nitrogens is 1. The Labute approximate surface area is 153 Å². The maximum atomic E-state index is 12.4. The lowest BCUT2D eigenvalue weighted by molar-refractivity contribution is 0.340. The molecule has 26 heavy (non-hydrogen) atoms. The SMILES string of the molecule is CCOc1ccc(S(=O)(=O)NCCc2c[nH]c3ccc(OC)cc23)cc1. The lowest BCUT2D eigenvalue weighted by Gasteiger charge is -2.08. The molecule has 0 aliphatic heterocycles. The molecule has 0 aliphatic carbocycles. The Hall–Kier alpha value is -2.51. The van der Waals surface area contributed by atoms with Gasteiger partial charge in [-0.05, 0) is 61.4 Å². The third kappa shape index (κ3) is 4.00. The Bertz CT molecular complexity index is 978. The summed E-state index contributed by atoms with van der Waals surface area (Å²) >= 11 is 0. The molecule has 3 rings (SSSR count). The smallest absolute Gasteiger partial charge is 0.240 e. The molecular formula is C19H22N2O4S. The van der Waals surface area contributed by atoms with Crippen LogP contribution in [0.15, 0.2) is 53.6 Å². The maximum absolute atomic E-state index is 12.4. The third-order valence-corrected chi connectivity index (χ3v) is 5.58.